The van der Waals surface area contributed by atoms with Crippen LogP contribution in [0.25, 0.3) is 0 Å². The first kappa shape index (κ1) is 62.0. The van der Waals surface area contributed by atoms with Gasteiger partial charge >= 0.3 is 0 Å². The summed E-state index contributed by atoms with van der Waals surface area (Å²) in [6.45, 7) is 48.8. The zero-order valence-corrected chi connectivity index (χ0v) is 48.5. The molecule has 0 bridgehead atoms. The van der Waals surface area contributed by atoms with Crippen molar-refractivity contribution in [1.82, 2.24) is 54.0 Å². The second kappa shape index (κ2) is 30.6. The van der Waals surface area contributed by atoms with Crippen LogP contribution in [0.15, 0.2) is 26.8 Å². The van der Waals surface area contributed by atoms with E-state index in [1.165, 1.54) is 49.0 Å². The van der Waals surface area contributed by atoms with Crippen molar-refractivity contribution in [3.63, 3.8) is 0 Å². The Kier molecular flexibility index (Phi) is 27.1. The highest BCUT2D eigenvalue weighted by molar-refractivity contribution is 7.06. The van der Waals surface area contributed by atoms with Crippen LogP contribution in [0.3, 0.4) is 0 Å². The summed E-state index contributed by atoms with van der Waals surface area (Å²) in [6, 6.07) is 0. The van der Waals surface area contributed by atoms with Crippen molar-refractivity contribution in [3.05, 3.63) is 140 Å². The average molecular weight is 1020 g/mol. The largest absolute Gasteiger partial charge is 0.446 e. The minimum absolute atomic E-state index is 0.750. The van der Waals surface area contributed by atoms with Crippen LogP contribution in [0.4, 0.5) is 0 Å². The first-order valence-corrected chi connectivity index (χ1v) is 24.7. The maximum absolute atomic E-state index is 5.10. The van der Waals surface area contributed by atoms with Gasteiger partial charge in [-0.25, -0.2) is 15.0 Å². The Morgan fingerprint density at radius 3 is 0.614 bits per heavy atom. The fourth-order valence-electron chi connectivity index (χ4n) is 4.57. The highest BCUT2D eigenvalue weighted by Crippen LogP contribution is 2.15. The molecule has 17 nitrogen and oxygen atoms in total. The van der Waals surface area contributed by atoms with Gasteiger partial charge < -0.3 is 26.8 Å². The minimum atomic E-state index is 0.750. The van der Waals surface area contributed by atoms with Crippen LogP contribution in [0.2, 0.25) is 0 Å². The fourth-order valence-corrected chi connectivity index (χ4v) is 6.19. The van der Waals surface area contributed by atoms with Gasteiger partial charge in [0.25, 0.3) is 0 Å². The Morgan fingerprint density at radius 1 is 0.271 bits per heavy atom. The molecular formula is C50H75N11O6S3. The van der Waals surface area contributed by atoms with Crippen molar-refractivity contribution in [3.8, 4) is 0 Å². The summed E-state index contributed by atoms with van der Waals surface area (Å²) < 4.78 is 41.4. The van der Waals surface area contributed by atoms with Crippen molar-refractivity contribution >= 4 is 34.6 Å². The summed E-state index contributed by atoms with van der Waals surface area (Å²) in [5.41, 5.74) is 14.0. The van der Waals surface area contributed by atoms with E-state index in [0.717, 1.165) is 114 Å². The molecule has 0 aliphatic rings. The van der Waals surface area contributed by atoms with E-state index in [4.69, 9.17) is 26.8 Å². The van der Waals surface area contributed by atoms with Crippen molar-refractivity contribution in [2.75, 3.05) is 0 Å². The van der Waals surface area contributed by atoms with Gasteiger partial charge in [-0.15, -0.1) is 10.2 Å². The molecule has 9 heterocycles. The van der Waals surface area contributed by atoms with Crippen LogP contribution in [0, 0.1) is 173 Å². The standard InChI is InChI=1S/6C6H9NO.C6H9NS.2C4H6N2S/c3*1-4-5(2)8-6(3)7-4;4*1-4-5(2)7-8-6(4)3;2*1-3-4(2)7-6-5-3/h7*1-3H3;2*1-2H3. The molecule has 0 aliphatic carbocycles. The summed E-state index contributed by atoms with van der Waals surface area (Å²) in [5.74, 6) is 7.76. The second-order valence-corrected chi connectivity index (χ2v) is 19.1. The quantitative estimate of drug-likeness (QED) is 0.138. The van der Waals surface area contributed by atoms with E-state index >= 15 is 0 Å². The highest BCUT2D eigenvalue weighted by Gasteiger charge is 2.03. The number of aryl methyl sites for hydroxylation is 21. The van der Waals surface area contributed by atoms with Gasteiger partial charge in [0.05, 0.1) is 51.2 Å². The smallest absolute Gasteiger partial charge is 0.191 e. The molecule has 0 saturated carbocycles. The Bertz CT molecular complexity index is 2390. The lowest BCUT2D eigenvalue weighted by Crippen LogP contribution is -1.73. The molecule has 0 N–H and O–H groups in total. The van der Waals surface area contributed by atoms with Gasteiger partial charge in [-0.05, 0) is 192 Å². The van der Waals surface area contributed by atoms with Crippen LogP contribution < -0.4 is 0 Å². The highest BCUT2D eigenvalue weighted by atomic mass is 32.1. The number of hydrogen-bond acceptors (Lipinski definition) is 20. The molecule has 0 unspecified atom stereocenters. The van der Waals surface area contributed by atoms with E-state index in [-0.39, 0.29) is 0 Å². The van der Waals surface area contributed by atoms with Crippen molar-refractivity contribution in [2.24, 2.45) is 0 Å². The van der Waals surface area contributed by atoms with Crippen molar-refractivity contribution in [2.45, 2.75) is 173 Å². The SMILES string of the molecule is Cc1nc(C)c(C)o1.Cc1nc(C)c(C)o1.Cc1nc(C)c(C)o1.Cc1nnsc1C.Cc1nnsc1C.Cc1noc(C)c1C.Cc1noc(C)c1C.Cc1noc(C)c1C.Cc1nsc(C)c1C. The topological polar surface area (TPSA) is 221 Å². The van der Waals surface area contributed by atoms with Crippen molar-refractivity contribution in [1.29, 1.82) is 0 Å². The number of oxazole rings is 3. The van der Waals surface area contributed by atoms with Crippen LogP contribution in [-0.2, 0) is 0 Å². The maximum atomic E-state index is 5.10. The van der Waals surface area contributed by atoms with Crippen molar-refractivity contribution < 1.29 is 26.8 Å². The molecule has 20 heteroatoms. The number of rotatable bonds is 0. The normalized spacial score (nSPS) is 9.79. The van der Waals surface area contributed by atoms with E-state index in [0.29, 0.717) is 0 Å². The summed E-state index contributed by atoms with van der Waals surface area (Å²) in [6.07, 6.45) is 0. The van der Waals surface area contributed by atoms with E-state index in [2.05, 4.69) is 67.8 Å². The van der Waals surface area contributed by atoms with Crippen LogP contribution >= 0.6 is 34.6 Å². The molecule has 0 radical (unpaired) electrons. The first-order chi connectivity index (χ1) is 32.6. The fraction of sp³-hybridized carbons (Fsp3) is 0.500. The Balaban J connectivity index is 0.000000394. The molecule has 384 valence electrons. The summed E-state index contributed by atoms with van der Waals surface area (Å²) in [4.78, 5) is 15.9. The lowest BCUT2D eigenvalue weighted by atomic mass is 10.2. The van der Waals surface area contributed by atoms with E-state index in [1.807, 2.05) is 159 Å². The predicted octanol–water partition coefficient (Wildman–Crippen LogP) is 14.0. The van der Waals surface area contributed by atoms with Crippen LogP contribution in [-0.4, -0.2) is 54.0 Å². The number of nitrogens with zero attached hydrogens (tertiary/aromatic N) is 11. The second-order valence-electron chi connectivity index (χ2n) is 16.2. The van der Waals surface area contributed by atoms with Gasteiger partial charge in [-0.1, -0.05) is 24.4 Å². The molecule has 0 spiro atoms. The third kappa shape index (κ3) is 22.2. The number of hydrogen-bond donors (Lipinski definition) is 0. The number of aromatic nitrogens is 11. The molecule has 0 atom stereocenters. The molecule has 0 saturated heterocycles. The van der Waals surface area contributed by atoms with Crippen LogP contribution in [0.5, 0.6) is 0 Å². The van der Waals surface area contributed by atoms with Gasteiger partial charge in [0.15, 0.2) is 17.7 Å². The Hall–Kier alpha value is -5.99. The van der Waals surface area contributed by atoms with E-state index in [1.54, 1.807) is 11.5 Å². The van der Waals surface area contributed by atoms with Gasteiger partial charge in [0.1, 0.15) is 34.6 Å². The molecule has 0 fully saturated rings. The molecule has 9 aromatic heterocycles. The zero-order chi connectivity index (χ0) is 53.6. The lowest BCUT2D eigenvalue weighted by Gasteiger charge is -1.83. The Morgan fingerprint density at radius 2 is 0.557 bits per heavy atom. The Labute approximate surface area is 426 Å². The molecule has 0 amide bonds. The molecule has 70 heavy (non-hydrogen) atoms. The molecular weight excluding hydrogens is 947 g/mol. The van der Waals surface area contributed by atoms with Gasteiger partial charge in [0, 0.05) is 52.1 Å². The van der Waals surface area contributed by atoms with E-state index < -0.39 is 0 Å². The maximum Gasteiger partial charge on any atom is 0.191 e. The predicted molar refractivity (Wildman–Crippen MR) is 279 cm³/mol. The third-order valence-corrected chi connectivity index (χ3v) is 13.1. The third-order valence-electron chi connectivity index (χ3n) is 10.7. The zero-order valence-electron chi connectivity index (χ0n) is 46.1. The van der Waals surface area contributed by atoms with Crippen LogP contribution in [0.1, 0.15) is 140 Å². The minimum Gasteiger partial charge on any atom is -0.446 e. The average Bonchev–Trinajstić information content (AvgIpc) is 4.23. The monoisotopic (exact) mass is 1020 g/mol. The molecule has 0 aliphatic heterocycles. The van der Waals surface area contributed by atoms with E-state index in [9.17, 15) is 0 Å². The van der Waals surface area contributed by atoms with Gasteiger partial charge in [-0.2, -0.15) is 4.37 Å². The molecule has 0 aromatic carbocycles. The lowest BCUT2D eigenvalue weighted by molar-refractivity contribution is 0.392. The molecule has 9 aromatic rings. The summed E-state index contributed by atoms with van der Waals surface area (Å²) >= 11 is 4.47. The molecule has 9 rings (SSSR count). The first-order valence-electron chi connectivity index (χ1n) is 22.4. The summed E-state index contributed by atoms with van der Waals surface area (Å²) in [5, 5.41) is 18.8. The summed E-state index contributed by atoms with van der Waals surface area (Å²) in [7, 11) is 0. The van der Waals surface area contributed by atoms with Gasteiger partial charge in [-0.3, -0.25) is 0 Å². The van der Waals surface area contributed by atoms with Gasteiger partial charge in [0.2, 0.25) is 0 Å².